The average molecular weight is 269 g/mol. The van der Waals surface area contributed by atoms with Gasteiger partial charge in [-0.15, -0.1) is 0 Å². The lowest BCUT2D eigenvalue weighted by Crippen LogP contribution is -2.45. The van der Waals surface area contributed by atoms with E-state index in [1.54, 1.807) is 0 Å². The van der Waals surface area contributed by atoms with Gasteiger partial charge in [-0.1, -0.05) is 29.8 Å². The number of nitrogens with one attached hydrogen (secondary N) is 1. The number of halogens is 1. The van der Waals surface area contributed by atoms with Crippen LogP contribution in [0.4, 0.5) is 0 Å². The van der Waals surface area contributed by atoms with Crippen molar-refractivity contribution in [3.05, 3.63) is 34.9 Å². The van der Waals surface area contributed by atoms with Crippen molar-refractivity contribution in [3.63, 3.8) is 0 Å². The van der Waals surface area contributed by atoms with Gasteiger partial charge in [0.2, 0.25) is 5.91 Å². The highest BCUT2D eigenvalue weighted by Gasteiger charge is 2.19. The first-order valence-corrected chi connectivity index (χ1v) is 6.53. The first-order valence-electron chi connectivity index (χ1n) is 6.16. The molecule has 0 bridgehead atoms. The van der Waals surface area contributed by atoms with Gasteiger partial charge in [0.05, 0.1) is 6.04 Å². The van der Waals surface area contributed by atoms with Gasteiger partial charge in [0.25, 0.3) is 0 Å². The lowest BCUT2D eigenvalue weighted by Gasteiger charge is -2.25. The second-order valence-corrected chi connectivity index (χ2v) is 5.25. The molecule has 1 atom stereocenters. The maximum absolute atomic E-state index is 11.9. The van der Waals surface area contributed by atoms with Crippen LogP contribution in [-0.4, -0.2) is 29.9 Å². The van der Waals surface area contributed by atoms with Crippen molar-refractivity contribution in [1.82, 2.24) is 10.2 Å². The van der Waals surface area contributed by atoms with E-state index in [4.69, 9.17) is 11.6 Å². The van der Waals surface area contributed by atoms with Crippen molar-refractivity contribution in [3.8, 4) is 0 Å². The summed E-state index contributed by atoms with van der Waals surface area (Å²) >= 11 is 6.11. The zero-order valence-corrected chi connectivity index (χ0v) is 12.2. The van der Waals surface area contributed by atoms with Gasteiger partial charge in [-0.25, -0.2) is 0 Å². The molecule has 0 aliphatic heterocycles. The fourth-order valence-electron chi connectivity index (χ4n) is 1.64. The monoisotopic (exact) mass is 268 g/mol. The molecule has 0 spiro atoms. The molecule has 1 amide bonds. The third-order valence-electron chi connectivity index (χ3n) is 2.85. The van der Waals surface area contributed by atoms with Crippen molar-refractivity contribution in [1.29, 1.82) is 0 Å². The number of nitrogens with zero attached hydrogens (tertiary/aromatic N) is 1. The normalized spacial score (nSPS) is 12.8. The molecule has 0 aromatic heterocycles. The van der Waals surface area contributed by atoms with Crippen LogP contribution in [0.1, 0.15) is 26.3 Å². The Morgan fingerprint density at radius 1 is 1.33 bits per heavy atom. The first kappa shape index (κ1) is 15.0. The van der Waals surface area contributed by atoms with Crippen LogP contribution in [0.2, 0.25) is 5.02 Å². The van der Waals surface area contributed by atoms with Gasteiger partial charge in [0.15, 0.2) is 0 Å². The van der Waals surface area contributed by atoms with Gasteiger partial charge in [-0.3, -0.25) is 9.69 Å². The van der Waals surface area contributed by atoms with Crippen molar-refractivity contribution < 1.29 is 4.79 Å². The maximum atomic E-state index is 11.9. The van der Waals surface area contributed by atoms with Gasteiger partial charge in [0.1, 0.15) is 0 Å². The van der Waals surface area contributed by atoms with Gasteiger partial charge in [-0.05, 0) is 39.4 Å². The molecule has 18 heavy (non-hydrogen) atoms. The SMILES string of the molecule is CC(C)NC(=O)C(C)N(C)Cc1ccccc1Cl. The van der Waals surface area contributed by atoms with E-state index in [0.29, 0.717) is 6.54 Å². The van der Waals surface area contributed by atoms with Crippen LogP contribution in [0.3, 0.4) is 0 Å². The van der Waals surface area contributed by atoms with Gasteiger partial charge < -0.3 is 5.32 Å². The van der Waals surface area contributed by atoms with Crippen molar-refractivity contribution in [2.24, 2.45) is 0 Å². The minimum Gasteiger partial charge on any atom is -0.353 e. The summed E-state index contributed by atoms with van der Waals surface area (Å²) in [6.07, 6.45) is 0. The quantitative estimate of drug-likeness (QED) is 0.891. The Bertz CT molecular complexity index is 407. The predicted molar refractivity (Wildman–Crippen MR) is 75.7 cm³/mol. The highest BCUT2D eigenvalue weighted by molar-refractivity contribution is 6.31. The van der Waals surface area contributed by atoms with Crippen molar-refractivity contribution in [2.75, 3.05) is 7.05 Å². The third kappa shape index (κ3) is 4.31. The second-order valence-electron chi connectivity index (χ2n) is 4.85. The summed E-state index contributed by atoms with van der Waals surface area (Å²) in [5.41, 5.74) is 1.03. The van der Waals surface area contributed by atoms with Crippen LogP contribution in [0, 0.1) is 0 Å². The summed E-state index contributed by atoms with van der Waals surface area (Å²) in [5.74, 6) is 0.0413. The average Bonchev–Trinajstić information content (AvgIpc) is 2.30. The molecule has 1 unspecified atom stereocenters. The topological polar surface area (TPSA) is 32.3 Å². The van der Waals surface area contributed by atoms with Gasteiger partial charge in [-0.2, -0.15) is 0 Å². The molecule has 0 saturated heterocycles. The number of amides is 1. The minimum atomic E-state index is -0.177. The summed E-state index contributed by atoms with van der Waals surface area (Å²) < 4.78 is 0. The molecular weight excluding hydrogens is 248 g/mol. The maximum Gasteiger partial charge on any atom is 0.237 e. The standard InChI is InChI=1S/C14H21ClN2O/c1-10(2)16-14(18)11(3)17(4)9-12-7-5-6-8-13(12)15/h5-8,10-11H,9H2,1-4H3,(H,16,18). The number of hydrogen-bond acceptors (Lipinski definition) is 2. The Morgan fingerprint density at radius 3 is 2.50 bits per heavy atom. The van der Waals surface area contributed by atoms with Crippen LogP contribution in [-0.2, 0) is 11.3 Å². The highest BCUT2D eigenvalue weighted by atomic mass is 35.5. The molecule has 100 valence electrons. The fraction of sp³-hybridized carbons (Fsp3) is 0.500. The molecule has 1 aromatic rings. The van der Waals surface area contributed by atoms with E-state index in [-0.39, 0.29) is 18.0 Å². The summed E-state index contributed by atoms with van der Waals surface area (Å²) in [6, 6.07) is 7.68. The van der Waals surface area contributed by atoms with Crippen molar-refractivity contribution >= 4 is 17.5 Å². The Hall–Kier alpha value is -1.06. The van der Waals surface area contributed by atoms with Crippen LogP contribution in [0.15, 0.2) is 24.3 Å². The fourth-order valence-corrected chi connectivity index (χ4v) is 1.83. The number of likely N-dealkylation sites (N-methyl/N-ethyl adjacent to an activating group) is 1. The third-order valence-corrected chi connectivity index (χ3v) is 3.22. The van der Waals surface area contributed by atoms with E-state index in [9.17, 15) is 4.79 Å². The number of carbonyl (C=O) groups is 1. The van der Waals surface area contributed by atoms with E-state index in [0.717, 1.165) is 10.6 Å². The van der Waals surface area contributed by atoms with Crippen LogP contribution in [0.25, 0.3) is 0 Å². The van der Waals surface area contributed by atoms with Crippen LogP contribution >= 0.6 is 11.6 Å². The van der Waals surface area contributed by atoms with Crippen molar-refractivity contribution in [2.45, 2.75) is 39.4 Å². The molecule has 0 heterocycles. The zero-order chi connectivity index (χ0) is 13.7. The molecule has 1 aromatic carbocycles. The Morgan fingerprint density at radius 2 is 1.94 bits per heavy atom. The molecule has 0 fully saturated rings. The number of carbonyl (C=O) groups excluding carboxylic acids is 1. The minimum absolute atomic E-state index is 0.0413. The number of hydrogen-bond donors (Lipinski definition) is 1. The molecule has 1 N–H and O–H groups in total. The van der Waals surface area contributed by atoms with Gasteiger partial charge in [0, 0.05) is 17.6 Å². The summed E-state index contributed by atoms with van der Waals surface area (Å²) in [7, 11) is 1.92. The molecule has 3 nitrogen and oxygen atoms in total. The Labute approximate surface area is 114 Å². The summed E-state index contributed by atoms with van der Waals surface area (Å²) in [5, 5.41) is 3.65. The molecule has 4 heteroatoms. The van der Waals surface area contributed by atoms with Crippen LogP contribution in [0.5, 0.6) is 0 Å². The summed E-state index contributed by atoms with van der Waals surface area (Å²) in [6.45, 7) is 6.47. The first-order chi connectivity index (χ1) is 8.41. The Kier molecular flexibility index (Phi) is 5.63. The van der Waals surface area contributed by atoms with Gasteiger partial charge >= 0.3 is 0 Å². The number of benzene rings is 1. The highest BCUT2D eigenvalue weighted by Crippen LogP contribution is 2.17. The van der Waals surface area contributed by atoms with E-state index >= 15 is 0 Å². The molecule has 0 saturated carbocycles. The number of rotatable bonds is 5. The lowest BCUT2D eigenvalue weighted by molar-refractivity contribution is -0.126. The van der Waals surface area contributed by atoms with Crippen LogP contribution < -0.4 is 5.32 Å². The molecule has 0 aliphatic carbocycles. The smallest absolute Gasteiger partial charge is 0.237 e. The van der Waals surface area contributed by atoms with E-state index in [1.165, 1.54) is 0 Å². The molecular formula is C14H21ClN2O. The molecule has 1 rings (SSSR count). The largest absolute Gasteiger partial charge is 0.353 e. The van der Waals surface area contributed by atoms with E-state index in [1.807, 2.05) is 57.0 Å². The lowest BCUT2D eigenvalue weighted by atomic mass is 10.2. The predicted octanol–water partition coefficient (Wildman–Crippen LogP) is 2.68. The summed E-state index contributed by atoms with van der Waals surface area (Å²) in [4.78, 5) is 13.9. The van der Waals surface area contributed by atoms with E-state index in [2.05, 4.69) is 5.32 Å². The Balaban J connectivity index is 2.62. The second kappa shape index (κ2) is 6.76. The molecule has 0 radical (unpaired) electrons. The van der Waals surface area contributed by atoms with E-state index < -0.39 is 0 Å². The zero-order valence-electron chi connectivity index (χ0n) is 11.4. The molecule has 0 aliphatic rings.